The van der Waals surface area contributed by atoms with Gasteiger partial charge in [-0.05, 0) is 42.3 Å². The second-order valence-corrected chi connectivity index (χ2v) is 8.34. The van der Waals surface area contributed by atoms with Crippen LogP contribution in [0.3, 0.4) is 0 Å². The van der Waals surface area contributed by atoms with E-state index in [1.165, 1.54) is 4.80 Å². The van der Waals surface area contributed by atoms with Crippen LogP contribution in [-0.2, 0) is 12.8 Å². The predicted molar refractivity (Wildman–Crippen MR) is 137 cm³/mol. The fraction of sp³-hybridized carbons (Fsp3) is 0.103. The van der Waals surface area contributed by atoms with Gasteiger partial charge in [0.2, 0.25) is 5.89 Å². The molecule has 0 spiro atoms. The molecule has 0 aliphatic rings. The molecule has 0 fully saturated rings. The minimum absolute atomic E-state index is 0.0458. The number of hydrogen-bond acceptors (Lipinski definition) is 5. The van der Waals surface area contributed by atoms with Gasteiger partial charge in [-0.25, -0.2) is 9.78 Å². The summed E-state index contributed by atoms with van der Waals surface area (Å²) in [4.78, 5) is 17.8. The average molecular weight is 477 g/mol. The van der Waals surface area contributed by atoms with Crippen LogP contribution >= 0.6 is 0 Å². The van der Waals surface area contributed by atoms with Crippen molar-refractivity contribution in [1.82, 2.24) is 20.0 Å². The summed E-state index contributed by atoms with van der Waals surface area (Å²) >= 11 is 0. The van der Waals surface area contributed by atoms with E-state index in [1.54, 1.807) is 0 Å². The van der Waals surface area contributed by atoms with Gasteiger partial charge >= 0.3 is 5.97 Å². The van der Waals surface area contributed by atoms with Gasteiger partial charge in [0.25, 0.3) is 0 Å². The van der Waals surface area contributed by atoms with Crippen molar-refractivity contribution in [1.29, 1.82) is 0 Å². The maximum Gasteiger partial charge on any atom is 0.358 e. The van der Waals surface area contributed by atoms with E-state index in [1.807, 2.05) is 104 Å². The molecule has 0 aliphatic heterocycles. The molecule has 1 N–H and O–H groups in total. The number of benzene rings is 3. The number of oxazole rings is 1. The number of para-hydroxylation sites is 1. The lowest BCUT2D eigenvalue weighted by Crippen LogP contribution is -2.03. The Morgan fingerprint density at radius 2 is 1.69 bits per heavy atom. The molecule has 0 radical (unpaired) electrons. The molecule has 5 aromatic rings. The van der Waals surface area contributed by atoms with Gasteiger partial charge in [-0.2, -0.15) is 9.90 Å². The lowest BCUT2D eigenvalue weighted by molar-refractivity contribution is 0.0689. The first-order valence-electron chi connectivity index (χ1n) is 11.6. The van der Waals surface area contributed by atoms with Crippen molar-refractivity contribution in [3.8, 4) is 17.1 Å². The smallest absolute Gasteiger partial charge is 0.358 e. The largest absolute Gasteiger partial charge is 0.476 e. The Morgan fingerprint density at radius 1 is 0.944 bits per heavy atom. The van der Waals surface area contributed by atoms with Crippen LogP contribution in [0.15, 0.2) is 95.4 Å². The standard InChI is InChI=1S/C29H24N4O3/c1-20-25(30-28(36-20)23-13-4-2-5-14-23)17-9-11-21-10-8-12-22(18-21)19-26-27(29(34)35)32-33(31-26)24-15-6-3-7-16-24/h2-16,18H,17,19H2,1H3,(H,34,35)/b11-9+. The predicted octanol–water partition coefficient (Wildman–Crippen LogP) is 5.78. The Morgan fingerprint density at radius 3 is 2.44 bits per heavy atom. The van der Waals surface area contributed by atoms with Gasteiger partial charge in [0, 0.05) is 18.4 Å². The number of carboxylic acid groups (broad SMARTS) is 1. The molecule has 3 aromatic carbocycles. The number of aromatic nitrogens is 4. The highest BCUT2D eigenvalue weighted by Crippen LogP contribution is 2.22. The van der Waals surface area contributed by atoms with E-state index in [0.717, 1.165) is 28.1 Å². The Kier molecular flexibility index (Phi) is 6.53. The Balaban J connectivity index is 1.31. The van der Waals surface area contributed by atoms with Crippen molar-refractivity contribution >= 4 is 12.0 Å². The number of aromatic carboxylic acids is 1. The van der Waals surface area contributed by atoms with E-state index in [2.05, 4.69) is 15.2 Å². The average Bonchev–Trinajstić information content (AvgIpc) is 3.49. The van der Waals surface area contributed by atoms with Crippen LogP contribution in [0.2, 0.25) is 0 Å². The van der Waals surface area contributed by atoms with Crippen molar-refractivity contribution in [3.63, 3.8) is 0 Å². The number of aryl methyl sites for hydroxylation is 1. The summed E-state index contributed by atoms with van der Waals surface area (Å²) in [6.07, 6.45) is 5.08. The minimum Gasteiger partial charge on any atom is -0.476 e. The van der Waals surface area contributed by atoms with Crippen LogP contribution in [0.5, 0.6) is 0 Å². The van der Waals surface area contributed by atoms with E-state index in [-0.39, 0.29) is 5.69 Å². The summed E-state index contributed by atoms with van der Waals surface area (Å²) < 4.78 is 5.85. The molecule has 0 saturated carbocycles. The zero-order valence-corrected chi connectivity index (χ0v) is 19.7. The summed E-state index contributed by atoms with van der Waals surface area (Å²) in [6.45, 7) is 1.92. The second-order valence-electron chi connectivity index (χ2n) is 8.34. The normalized spacial score (nSPS) is 11.2. The highest BCUT2D eigenvalue weighted by atomic mass is 16.4. The van der Waals surface area contributed by atoms with Gasteiger partial charge in [-0.1, -0.05) is 72.8 Å². The van der Waals surface area contributed by atoms with E-state index in [4.69, 9.17) is 4.42 Å². The summed E-state index contributed by atoms with van der Waals surface area (Å²) in [7, 11) is 0. The number of nitrogens with zero attached hydrogens (tertiary/aromatic N) is 4. The summed E-state index contributed by atoms with van der Waals surface area (Å²) in [5.41, 5.74) is 4.88. The first-order chi connectivity index (χ1) is 17.6. The Labute approximate surface area is 208 Å². The van der Waals surface area contributed by atoms with E-state index >= 15 is 0 Å². The third kappa shape index (κ3) is 5.15. The first kappa shape index (κ1) is 23.0. The topological polar surface area (TPSA) is 94.0 Å². The highest BCUT2D eigenvalue weighted by Gasteiger charge is 2.19. The first-order valence-corrected chi connectivity index (χ1v) is 11.6. The van der Waals surface area contributed by atoms with Crippen LogP contribution in [0.25, 0.3) is 23.2 Å². The molecule has 5 rings (SSSR count). The molecule has 0 amide bonds. The van der Waals surface area contributed by atoms with Crippen LogP contribution in [0, 0.1) is 6.92 Å². The number of allylic oxidation sites excluding steroid dienone is 1. The maximum absolute atomic E-state index is 11.8. The zero-order chi connectivity index (χ0) is 24.9. The van der Waals surface area contributed by atoms with Crippen molar-refractivity contribution in [2.75, 3.05) is 0 Å². The quantitative estimate of drug-likeness (QED) is 0.305. The number of rotatable bonds is 8. The zero-order valence-electron chi connectivity index (χ0n) is 19.7. The third-order valence-corrected chi connectivity index (χ3v) is 5.73. The molecule has 0 atom stereocenters. The minimum atomic E-state index is -1.10. The lowest BCUT2D eigenvalue weighted by atomic mass is 10.0. The molecule has 0 saturated heterocycles. The Hall–Kier alpha value is -4.78. The van der Waals surface area contributed by atoms with Gasteiger partial charge in [0.05, 0.1) is 11.4 Å². The van der Waals surface area contributed by atoms with E-state index < -0.39 is 5.97 Å². The number of carbonyl (C=O) groups is 1. The molecule has 7 heteroatoms. The molecule has 7 nitrogen and oxygen atoms in total. The fourth-order valence-corrected chi connectivity index (χ4v) is 3.93. The van der Waals surface area contributed by atoms with Crippen LogP contribution in [0.1, 0.15) is 38.8 Å². The van der Waals surface area contributed by atoms with Crippen molar-refractivity contribution in [2.45, 2.75) is 19.8 Å². The van der Waals surface area contributed by atoms with Crippen LogP contribution in [0.4, 0.5) is 0 Å². The summed E-state index contributed by atoms with van der Waals surface area (Å²) in [5.74, 6) is 0.326. The molecular weight excluding hydrogens is 452 g/mol. The van der Waals surface area contributed by atoms with E-state index in [0.29, 0.717) is 30.1 Å². The van der Waals surface area contributed by atoms with E-state index in [9.17, 15) is 9.90 Å². The second kappa shape index (κ2) is 10.2. The van der Waals surface area contributed by atoms with Crippen LogP contribution < -0.4 is 0 Å². The summed E-state index contributed by atoms with van der Waals surface area (Å²) in [5, 5.41) is 18.3. The summed E-state index contributed by atoms with van der Waals surface area (Å²) in [6, 6.07) is 27.0. The molecule has 2 aromatic heterocycles. The third-order valence-electron chi connectivity index (χ3n) is 5.73. The number of hydrogen-bond donors (Lipinski definition) is 1. The molecule has 0 bridgehead atoms. The molecule has 0 unspecified atom stereocenters. The maximum atomic E-state index is 11.8. The van der Waals surface area contributed by atoms with Crippen molar-refractivity contribution in [3.05, 3.63) is 125 Å². The van der Waals surface area contributed by atoms with Gasteiger partial charge in [-0.3, -0.25) is 0 Å². The molecule has 2 heterocycles. The monoisotopic (exact) mass is 476 g/mol. The van der Waals surface area contributed by atoms with Crippen molar-refractivity contribution < 1.29 is 14.3 Å². The SMILES string of the molecule is Cc1oc(-c2ccccc2)nc1C/C=C/c1cccc(Cc2nn(-c3ccccc3)nc2C(=O)O)c1. The molecule has 36 heavy (non-hydrogen) atoms. The molecule has 178 valence electrons. The Bertz CT molecular complexity index is 1520. The van der Waals surface area contributed by atoms with Gasteiger partial charge < -0.3 is 9.52 Å². The van der Waals surface area contributed by atoms with Gasteiger partial charge in [0.1, 0.15) is 11.5 Å². The fourth-order valence-electron chi connectivity index (χ4n) is 3.93. The molecular formula is C29H24N4O3. The van der Waals surface area contributed by atoms with Gasteiger partial charge in [-0.15, -0.1) is 5.10 Å². The highest BCUT2D eigenvalue weighted by molar-refractivity contribution is 5.86. The number of carboxylic acids is 1. The lowest BCUT2D eigenvalue weighted by Gasteiger charge is -2.01. The molecule has 0 aliphatic carbocycles. The van der Waals surface area contributed by atoms with Crippen LogP contribution in [-0.4, -0.2) is 31.1 Å². The van der Waals surface area contributed by atoms with Crippen molar-refractivity contribution in [2.24, 2.45) is 0 Å². The van der Waals surface area contributed by atoms with Gasteiger partial charge in [0.15, 0.2) is 5.69 Å².